The summed E-state index contributed by atoms with van der Waals surface area (Å²) >= 11 is 1.49. The average molecular weight is 346 g/mol. The molecule has 2 rings (SSSR count). The second kappa shape index (κ2) is 6.56. The van der Waals surface area contributed by atoms with E-state index in [4.69, 9.17) is 19.9 Å². The second-order valence-electron chi connectivity index (χ2n) is 6.22. The Morgan fingerprint density at radius 2 is 1.91 bits per heavy atom. The summed E-state index contributed by atoms with van der Waals surface area (Å²) in [6.07, 6.45) is -1.09. The molecule has 0 radical (unpaired) electrons. The molecule has 130 valence electrons. The van der Waals surface area contributed by atoms with Gasteiger partial charge in [0.25, 0.3) is 0 Å². The molecule has 0 unspecified atom stereocenters. The number of fused-ring (bicyclic) bond motifs is 1. The van der Waals surface area contributed by atoms with Gasteiger partial charge in [-0.2, -0.15) is 0 Å². The van der Waals surface area contributed by atoms with E-state index in [2.05, 4.69) is 0 Å². The topological polar surface area (TPSA) is 108 Å². The van der Waals surface area contributed by atoms with Crippen molar-refractivity contribution in [2.24, 2.45) is 5.73 Å². The van der Waals surface area contributed by atoms with Gasteiger partial charge in [-0.1, -0.05) is 0 Å². The fourth-order valence-corrected chi connectivity index (χ4v) is 4.16. The lowest BCUT2D eigenvalue weighted by atomic mass is 9.96. The molecule has 0 spiro atoms. The van der Waals surface area contributed by atoms with Gasteiger partial charge in [-0.3, -0.25) is 4.79 Å². The number of hydrogen-bond donors (Lipinski definition) is 1. The molecular formula is C14H22N2O6S. The number of amides is 1. The molecule has 2 fully saturated rings. The Kier molecular flexibility index (Phi) is 5.10. The molecule has 0 aromatic carbocycles. The summed E-state index contributed by atoms with van der Waals surface area (Å²) in [6.45, 7) is 6.95. The molecule has 23 heavy (non-hydrogen) atoms. The number of thioether (sulfide) groups is 1. The van der Waals surface area contributed by atoms with Crippen LogP contribution in [0.2, 0.25) is 0 Å². The number of hydrogen-bond acceptors (Lipinski definition) is 8. The largest absolute Gasteiger partial charge is 0.508 e. The van der Waals surface area contributed by atoms with Crippen LogP contribution in [-0.4, -0.2) is 64.5 Å². The molecule has 0 aromatic heterocycles. The highest BCUT2D eigenvalue weighted by Gasteiger charge is 2.63. The number of ether oxygens (including phenoxy) is 3. The van der Waals surface area contributed by atoms with E-state index in [1.54, 1.807) is 13.8 Å². The van der Waals surface area contributed by atoms with E-state index in [9.17, 15) is 14.4 Å². The Morgan fingerprint density at radius 3 is 2.52 bits per heavy atom. The molecule has 2 N–H and O–H groups in total. The molecule has 2 aliphatic rings. The Bertz CT molecular complexity index is 509. The maximum Gasteiger partial charge on any atom is 0.508 e. The summed E-state index contributed by atoms with van der Waals surface area (Å²) in [6, 6.07) is -1.25. The van der Waals surface area contributed by atoms with Crippen molar-refractivity contribution in [1.29, 1.82) is 0 Å². The van der Waals surface area contributed by atoms with Crippen LogP contribution in [0, 0.1) is 0 Å². The third-order valence-electron chi connectivity index (χ3n) is 3.58. The van der Waals surface area contributed by atoms with Crippen molar-refractivity contribution in [2.75, 3.05) is 13.2 Å². The number of β-lactam (4-membered cyclic amide) rings is 1. The highest BCUT2D eigenvalue weighted by molar-refractivity contribution is 8.01. The van der Waals surface area contributed by atoms with Crippen LogP contribution >= 0.6 is 11.8 Å². The van der Waals surface area contributed by atoms with Gasteiger partial charge in [-0.05, 0) is 27.7 Å². The minimum Gasteiger partial charge on any atom is -0.460 e. The minimum atomic E-state index is -0.809. The SMILES string of the molecule is CC(C)OC(=O)OCCOC(=O)[C@@H]1N2C(=O)[C@@H](N)[C@H]2SC1(C)C. The van der Waals surface area contributed by atoms with E-state index in [1.165, 1.54) is 16.7 Å². The standard InChI is InChI=1S/C14H22N2O6S/c1-7(2)22-13(19)21-6-5-20-12(18)9-14(3,4)23-11-8(15)10(17)16(9)11/h7-9,11H,5-6,15H2,1-4H3/t8-,9+,11-/m1/s1. The molecule has 0 aliphatic carbocycles. The summed E-state index contributed by atoms with van der Waals surface area (Å²) in [7, 11) is 0. The third kappa shape index (κ3) is 3.55. The van der Waals surface area contributed by atoms with Crippen molar-refractivity contribution in [3.63, 3.8) is 0 Å². The number of esters is 1. The van der Waals surface area contributed by atoms with Gasteiger partial charge in [-0.25, -0.2) is 9.59 Å². The zero-order valence-electron chi connectivity index (χ0n) is 13.6. The molecular weight excluding hydrogens is 324 g/mol. The van der Waals surface area contributed by atoms with Crippen LogP contribution in [0.3, 0.4) is 0 Å². The van der Waals surface area contributed by atoms with Crippen molar-refractivity contribution in [2.45, 2.75) is 56.0 Å². The van der Waals surface area contributed by atoms with Crippen molar-refractivity contribution in [1.82, 2.24) is 4.90 Å². The van der Waals surface area contributed by atoms with Crippen LogP contribution in [-0.2, 0) is 23.8 Å². The lowest BCUT2D eigenvalue weighted by molar-refractivity contribution is -0.163. The van der Waals surface area contributed by atoms with Crippen LogP contribution in [0.15, 0.2) is 0 Å². The summed E-state index contributed by atoms with van der Waals surface area (Å²) in [4.78, 5) is 36.8. The molecule has 2 heterocycles. The van der Waals surface area contributed by atoms with E-state index < -0.39 is 29.0 Å². The van der Waals surface area contributed by atoms with Crippen molar-refractivity contribution in [3.05, 3.63) is 0 Å². The first-order valence-electron chi connectivity index (χ1n) is 7.41. The first-order chi connectivity index (χ1) is 10.6. The molecule has 8 nitrogen and oxygen atoms in total. The van der Waals surface area contributed by atoms with Crippen molar-refractivity contribution >= 4 is 29.8 Å². The van der Waals surface area contributed by atoms with Gasteiger partial charge in [-0.15, -0.1) is 11.8 Å². The van der Waals surface area contributed by atoms with Crippen LogP contribution < -0.4 is 5.73 Å². The van der Waals surface area contributed by atoms with Gasteiger partial charge >= 0.3 is 12.1 Å². The van der Waals surface area contributed by atoms with E-state index in [-0.39, 0.29) is 30.6 Å². The number of carbonyl (C=O) groups excluding carboxylic acids is 3. The first kappa shape index (κ1) is 17.9. The van der Waals surface area contributed by atoms with E-state index in [0.717, 1.165) is 0 Å². The Balaban J connectivity index is 1.81. The van der Waals surface area contributed by atoms with E-state index in [1.807, 2.05) is 13.8 Å². The Morgan fingerprint density at radius 1 is 1.30 bits per heavy atom. The van der Waals surface area contributed by atoms with Gasteiger partial charge in [0.15, 0.2) is 0 Å². The Hall–Kier alpha value is -1.48. The third-order valence-corrected chi connectivity index (χ3v) is 5.18. The fraction of sp³-hybridized carbons (Fsp3) is 0.786. The maximum absolute atomic E-state index is 12.3. The quantitative estimate of drug-likeness (QED) is 0.435. The smallest absolute Gasteiger partial charge is 0.460 e. The summed E-state index contributed by atoms with van der Waals surface area (Å²) < 4.78 is 14.2. The summed E-state index contributed by atoms with van der Waals surface area (Å²) in [5.74, 6) is -0.766. The summed E-state index contributed by atoms with van der Waals surface area (Å²) in [5, 5.41) is -0.188. The van der Waals surface area contributed by atoms with Crippen LogP contribution in [0.4, 0.5) is 4.79 Å². The highest BCUT2D eigenvalue weighted by atomic mass is 32.2. The molecule has 3 atom stereocenters. The second-order valence-corrected chi connectivity index (χ2v) is 7.99. The minimum absolute atomic E-state index is 0.0952. The van der Waals surface area contributed by atoms with Gasteiger partial charge in [0.05, 0.1) is 6.10 Å². The van der Waals surface area contributed by atoms with Crippen molar-refractivity contribution in [3.8, 4) is 0 Å². The molecule has 2 saturated heterocycles. The lowest BCUT2D eigenvalue weighted by Gasteiger charge is -2.41. The predicted molar refractivity (Wildman–Crippen MR) is 82.6 cm³/mol. The van der Waals surface area contributed by atoms with E-state index >= 15 is 0 Å². The van der Waals surface area contributed by atoms with Crippen LogP contribution in [0.1, 0.15) is 27.7 Å². The van der Waals surface area contributed by atoms with Crippen LogP contribution in [0.5, 0.6) is 0 Å². The molecule has 2 aliphatic heterocycles. The molecule has 0 aromatic rings. The number of nitrogens with zero attached hydrogens (tertiary/aromatic N) is 1. The Labute approximate surface area is 139 Å². The molecule has 1 amide bonds. The predicted octanol–water partition coefficient (Wildman–Crippen LogP) is 0.481. The van der Waals surface area contributed by atoms with Crippen LogP contribution in [0.25, 0.3) is 0 Å². The van der Waals surface area contributed by atoms with Crippen molar-refractivity contribution < 1.29 is 28.6 Å². The molecule has 9 heteroatoms. The van der Waals surface area contributed by atoms with Gasteiger partial charge in [0, 0.05) is 4.75 Å². The maximum atomic E-state index is 12.3. The van der Waals surface area contributed by atoms with E-state index in [0.29, 0.717) is 0 Å². The zero-order chi connectivity index (χ0) is 17.4. The normalized spacial score (nSPS) is 28.2. The van der Waals surface area contributed by atoms with Gasteiger partial charge in [0.1, 0.15) is 30.7 Å². The molecule has 0 bridgehead atoms. The fourth-order valence-electron chi connectivity index (χ4n) is 2.60. The summed E-state index contributed by atoms with van der Waals surface area (Å²) in [5.41, 5.74) is 5.75. The monoisotopic (exact) mass is 346 g/mol. The molecule has 0 saturated carbocycles. The average Bonchev–Trinajstić information content (AvgIpc) is 2.71. The lowest BCUT2D eigenvalue weighted by Crippen LogP contribution is -2.68. The number of rotatable bonds is 5. The number of carbonyl (C=O) groups is 3. The highest BCUT2D eigenvalue weighted by Crippen LogP contribution is 2.50. The van der Waals surface area contributed by atoms with Gasteiger partial charge in [0.2, 0.25) is 5.91 Å². The zero-order valence-corrected chi connectivity index (χ0v) is 14.4. The number of nitrogens with two attached hydrogens (primary N) is 1. The first-order valence-corrected chi connectivity index (χ1v) is 8.28. The van der Waals surface area contributed by atoms with Gasteiger partial charge < -0.3 is 24.8 Å².